The van der Waals surface area contributed by atoms with E-state index in [2.05, 4.69) is 4.90 Å². The maximum Gasteiger partial charge on any atom is 0.243 e. The minimum atomic E-state index is -4.11. The summed E-state index contributed by atoms with van der Waals surface area (Å²) in [6, 6.07) is 18.0. The van der Waals surface area contributed by atoms with Crippen LogP contribution in [0.5, 0.6) is 0 Å². The zero-order valence-electron chi connectivity index (χ0n) is 19.7. The van der Waals surface area contributed by atoms with Gasteiger partial charge in [-0.25, -0.2) is 12.8 Å². The maximum atomic E-state index is 14.6. The molecule has 6 nitrogen and oxygen atoms in total. The molecular formula is C26H26Cl2FN3O3S. The standard InChI is InChI=1S/C26H26Cl2FN3O3S/c1-19-8-10-22(11-9-19)36(34,35)32(17-23-24(28)6-3-7-25(23)29)18-26(33)31-14-12-30(13-15-31)21-5-2-4-20(27)16-21/h2-11,16H,12-15,17-18H2,1H3. The van der Waals surface area contributed by atoms with Gasteiger partial charge in [-0.3, -0.25) is 4.79 Å². The van der Waals surface area contributed by atoms with Gasteiger partial charge in [-0.05, 0) is 49.4 Å². The number of benzene rings is 3. The first-order valence-corrected chi connectivity index (χ1v) is 13.6. The lowest BCUT2D eigenvalue weighted by molar-refractivity contribution is -0.131. The van der Waals surface area contributed by atoms with Gasteiger partial charge in [0.25, 0.3) is 0 Å². The first-order valence-electron chi connectivity index (χ1n) is 11.4. The van der Waals surface area contributed by atoms with E-state index in [-0.39, 0.29) is 27.9 Å². The molecule has 0 unspecified atom stereocenters. The number of hydrogen-bond acceptors (Lipinski definition) is 4. The smallest absolute Gasteiger partial charge is 0.243 e. The number of anilines is 1. The van der Waals surface area contributed by atoms with Gasteiger partial charge < -0.3 is 9.80 Å². The van der Waals surface area contributed by atoms with Gasteiger partial charge in [-0.2, -0.15) is 4.31 Å². The van der Waals surface area contributed by atoms with E-state index in [9.17, 15) is 17.6 Å². The lowest BCUT2D eigenvalue weighted by Crippen LogP contribution is -2.51. The highest BCUT2D eigenvalue weighted by molar-refractivity contribution is 7.89. The van der Waals surface area contributed by atoms with Crippen LogP contribution >= 0.6 is 23.2 Å². The molecule has 10 heteroatoms. The van der Waals surface area contributed by atoms with E-state index in [1.165, 1.54) is 30.3 Å². The van der Waals surface area contributed by atoms with Crippen molar-refractivity contribution >= 4 is 44.8 Å². The lowest BCUT2D eigenvalue weighted by Gasteiger charge is -2.37. The first kappa shape index (κ1) is 26.4. The zero-order chi connectivity index (χ0) is 25.9. The molecule has 1 fully saturated rings. The summed E-state index contributed by atoms with van der Waals surface area (Å²) in [6.45, 7) is 3.05. The average molecular weight is 550 g/mol. The summed E-state index contributed by atoms with van der Waals surface area (Å²) < 4.78 is 42.6. The molecule has 190 valence electrons. The van der Waals surface area contributed by atoms with Crippen LogP contribution in [0.3, 0.4) is 0 Å². The van der Waals surface area contributed by atoms with Gasteiger partial charge in [0.2, 0.25) is 15.9 Å². The van der Waals surface area contributed by atoms with Crippen LogP contribution in [0.2, 0.25) is 10.0 Å². The van der Waals surface area contributed by atoms with Crippen molar-refractivity contribution in [3.8, 4) is 0 Å². The van der Waals surface area contributed by atoms with Crippen molar-refractivity contribution in [3.63, 3.8) is 0 Å². The number of carbonyl (C=O) groups is 1. The minimum Gasteiger partial charge on any atom is -0.368 e. The number of hydrogen-bond donors (Lipinski definition) is 0. The third-order valence-corrected chi connectivity index (χ3v) is 8.57. The molecule has 1 heterocycles. The van der Waals surface area contributed by atoms with Gasteiger partial charge in [-0.15, -0.1) is 0 Å². The molecule has 0 aromatic heterocycles. The fourth-order valence-corrected chi connectivity index (χ4v) is 5.85. The summed E-state index contributed by atoms with van der Waals surface area (Å²) in [5.74, 6) is -0.988. The van der Waals surface area contributed by atoms with Crippen LogP contribution in [0.25, 0.3) is 0 Å². The Bertz CT molecular complexity index is 1320. The van der Waals surface area contributed by atoms with E-state index in [1.54, 1.807) is 23.1 Å². The fourth-order valence-electron chi connectivity index (χ4n) is 4.08. The number of carbonyl (C=O) groups excluding carboxylic acids is 1. The van der Waals surface area contributed by atoms with Crippen LogP contribution in [0.15, 0.2) is 71.6 Å². The van der Waals surface area contributed by atoms with E-state index in [1.807, 2.05) is 25.1 Å². The second kappa shape index (κ2) is 11.2. The number of aryl methyl sites for hydroxylation is 1. The van der Waals surface area contributed by atoms with Crippen LogP contribution in [0.4, 0.5) is 10.1 Å². The molecule has 0 saturated carbocycles. The minimum absolute atomic E-state index is 0.0217. The van der Waals surface area contributed by atoms with Gasteiger partial charge in [0, 0.05) is 54.0 Å². The van der Waals surface area contributed by atoms with Gasteiger partial charge in [0.15, 0.2) is 0 Å². The Morgan fingerprint density at radius 1 is 0.972 bits per heavy atom. The molecule has 0 atom stereocenters. The second-order valence-corrected chi connectivity index (χ2v) is 11.4. The molecule has 0 radical (unpaired) electrons. The van der Waals surface area contributed by atoms with Gasteiger partial charge in [0.05, 0.1) is 11.4 Å². The number of rotatable bonds is 7. The maximum absolute atomic E-state index is 14.6. The number of nitrogens with zero attached hydrogens (tertiary/aromatic N) is 3. The van der Waals surface area contributed by atoms with E-state index < -0.39 is 22.4 Å². The van der Waals surface area contributed by atoms with Crippen molar-refractivity contribution in [3.05, 3.63) is 93.7 Å². The normalized spacial score (nSPS) is 14.4. The van der Waals surface area contributed by atoms with E-state index in [4.69, 9.17) is 23.2 Å². The third kappa shape index (κ3) is 6.00. The highest BCUT2D eigenvalue weighted by Gasteiger charge is 2.31. The van der Waals surface area contributed by atoms with Crippen LogP contribution in [0, 0.1) is 12.7 Å². The molecule has 1 aliphatic rings. The van der Waals surface area contributed by atoms with E-state index >= 15 is 0 Å². The predicted molar refractivity (Wildman–Crippen MR) is 140 cm³/mol. The summed E-state index contributed by atoms with van der Waals surface area (Å²) in [6.07, 6.45) is 0. The van der Waals surface area contributed by atoms with Gasteiger partial charge in [-0.1, -0.05) is 53.0 Å². The van der Waals surface area contributed by atoms with Crippen molar-refractivity contribution in [2.24, 2.45) is 0 Å². The SMILES string of the molecule is Cc1ccc(S(=O)(=O)N(CC(=O)N2CCN(c3cccc(Cl)c3)CC2)Cc2c(F)cccc2Cl)cc1. The Hall–Kier alpha value is -2.65. The van der Waals surface area contributed by atoms with Gasteiger partial charge in [0.1, 0.15) is 5.82 Å². The molecule has 0 spiro atoms. The first-order chi connectivity index (χ1) is 17.1. The number of amides is 1. The Balaban J connectivity index is 1.54. The van der Waals surface area contributed by atoms with E-state index in [0.29, 0.717) is 31.2 Å². The Morgan fingerprint density at radius 3 is 2.28 bits per heavy atom. The largest absolute Gasteiger partial charge is 0.368 e. The molecule has 3 aromatic rings. The summed E-state index contributed by atoms with van der Waals surface area (Å²) in [7, 11) is -4.11. The molecule has 3 aromatic carbocycles. The Morgan fingerprint density at radius 2 is 1.64 bits per heavy atom. The summed E-state index contributed by atoms with van der Waals surface area (Å²) >= 11 is 12.3. The Labute approximate surface area is 220 Å². The monoisotopic (exact) mass is 549 g/mol. The fraction of sp³-hybridized carbons (Fsp3) is 0.269. The van der Waals surface area contributed by atoms with Crippen molar-refractivity contribution in [2.45, 2.75) is 18.4 Å². The molecule has 1 aliphatic heterocycles. The molecule has 1 saturated heterocycles. The Kier molecular flexibility index (Phi) is 8.20. The number of piperazine rings is 1. The second-order valence-electron chi connectivity index (χ2n) is 8.63. The predicted octanol–water partition coefficient (Wildman–Crippen LogP) is 4.98. The van der Waals surface area contributed by atoms with Crippen LogP contribution in [0.1, 0.15) is 11.1 Å². The number of halogens is 3. The molecule has 1 amide bonds. The highest BCUT2D eigenvalue weighted by Crippen LogP contribution is 2.26. The molecule has 0 N–H and O–H groups in total. The average Bonchev–Trinajstić information content (AvgIpc) is 2.86. The summed E-state index contributed by atoms with van der Waals surface area (Å²) in [4.78, 5) is 17.0. The summed E-state index contributed by atoms with van der Waals surface area (Å²) in [5, 5.41) is 0.733. The number of sulfonamides is 1. The van der Waals surface area contributed by atoms with Crippen LogP contribution in [-0.2, 0) is 21.4 Å². The highest BCUT2D eigenvalue weighted by atomic mass is 35.5. The zero-order valence-corrected chi connectivity index (χ0v) is 22.0. The van der Waals surface area contributed by atoms with Crippen molar-refractivity contribution in [1.82, 2.24) is 9.21 Å². The van der Waals surface area contributed by atoms with Crippen molar-refractivity contribution < 1.29 is 17.6 Å². The van der Waals surface area contributed by atoms with E-state index in [0.717, 1.165) is 15.6 Å². The van der Waals surface area contributed by atoms with Crippen LogP contribution < -0.4 is 4.90 Å². The van der Waals surface area contributed by atoms with Crippen molar-refractivity contribution in [2.75, 3.05) is 37.6 Å². The molecule has 0 bridgehead atoms. The topological polar surface area (TPSA) is 60.9 Å². The lowest BCUT2D eigenvalue weighted by atomic mass is 10.2. The molecule has 0 aliphatic carbocycles. The third-order valence-electron chi connectivity index (χ3n) is 6.17. The molecular weight excluding hydrogens is 524 g/mol. The quantitative estimate of drug-likeness (QED) is 0.417. The van der Waals surface area contributed by atoms with Gasteiger partial charge >= 0.3 is 0 Å². The van der Waals surface area contributed by atoms with Crippen molar-refractivity contribution in [1.29, 1.82) is 0 Å². The molecule has 4 rings (SSSR count). The van der Waals surface area contributed by atoms with Crippen LogP contribution in [-0.4, -0.2) is 56.3 Å². The summed E-state index contributed by atoms with van der Waals surface area (Å²) in [5.41, 5.74) is 1.88. The molecule has 36 heavy (non-hydrogen) atoms.